The van der Waals surface area contributed by atoms with Gasteiger partial charge in [0.25, 0.3) is 0 Å². The summed E-state index contributed by atoms with van der Waals surface area (Å²) in [7, 11) is 0. The minimum Gasteiger partial charge on any atom is -0.492 e. The second-order valence-electron chi connectivity index (χ2n) is 7.37. The summed E-state index contributed by atoms with van der Waals surface area (Å²) < 4.78 is 5.75. The van der Waals surface area contributed by atoms with Crippen LogP contribution in [0.2, 0.25) is 5.15 Å². The molecule has 2 heterocycles. The van der Waals surface area contributed by atoms with Crippen molar-refractivity contribution >= 4 is 40.8 Å². The maximum absolute atomic E-state index is 12.8. The van der Waals surface area contributed by atoms with Crippen LogP contribution in [0.3, 0.4) is 0 Å². The predicted octanol–water partition coefficient (Wildman–Crippen LogP) is 4.15. The molecule has 3 rings (SSSR count). The number of hydrogen-bond donors (Lipinski definition) is 0. The highest BCUT2D eigenvalue weighted by Gasteiger charge is 2.23. The summed E-state index contributed by atoms with van der Waals surface area (Å²) in [5.74, 6) is 1.90. The van der Waals surface area contributed by atoms with E-state index >= 15 is 0 Å². The monoisotopic (exact) mass is 487 g/mol. The molecule has 176 valence electrons. The Morgan fingerprint density at radius 2 is 1.88 bits per heavy atom. The molecule has 0 atom stereocenters. The van der Waals surface area contributed by atoms with Crippen LogP contribution >= 0.6 is 23.4 Å². The highest BCUT2D eigenvalue weighted by molar-refractivity contribution is 7.99. The zero-order valence-corrected chi connectivity index (χ0v) is 20.5. The van der Waals surface area contributed by atoms with Gasteiger partial charge in [-0.05, 0) is 19.1 Å². The number of anilines is 2. The summed E-state index contributed by atoms with van der Waals surface area (Å²) in [6, 6.07) is 9.74. The number of carbonyl (C=O) groups is 1. The Labute approximate surface area is 205 Å². The first-order valence-electron chi connectivity index (χ1n) is 10.9. The molecule has 0 radical (unpaired) electrons. The van der Waals surface area contributed by atoms with Crippen LogP contribution in [-0.2, 0) is 4.79 Å². The number of piperazine rings is 1. The van der Waals surface area contributed by atoms with E-state index in [1.54, 1.807) is 18.2 Å². The van der Waals surface area contributed by atoms with E-state index in [0.29, 0.717) is 48.9 Å². The van der Waals surface area contributed by atoms with Gasteiger partial charge in [0.1, 0.15) is 16.7 Å². The van der Waals surface area contributed by atoms with Crippen LogP contribution in [0, 0.1) is 0 Å². The van der Waals surface area contributed by atoms with Crippen LogP contribution in [0.5, 0.6) is 5.75 Å². The maximum atomic E-state index is 12.8. The molecule has 1 aromatic carbocycles. The highest BCUT2D eigenvalue weighted by atomic mass is 35.5. The standard InChI is InChI=1S/C24H30ClN5O2S/c1-4-11-29(12-5-2)22-17-21(25)26-24(27-22)33-18-23(31)30-15-13-28(14-16-30)19-9-7-8-10-20(19)32-6-3/h4-5,7-10,17H,1-2,6,11-16,18H2,3H3. The minimum absolute atomic E-state index is 0.0666. The van der Waals surface area contributed by atoms with Gasteiger partial charge in [-0.15, -0.1) is 13.2 Å². The second kappa shape index (κ2) is 12.5. The van der Waals surface area contributed by atoms with Crippen LogP contribution < -0.4 is 14.5 Å². The van der Waals surface area contributed by atoms with Gasteiger partial charge in [0, 0.05) is 45.3 Å². The number of ether oxygens (including phenoxy) is 1. The van der Waals surface area contributed by atoms with Crippen molar-refractivity contribution in [3.05, 3.63) is 60.8 Å². The molecule has 1 saturated heterocycles. The van der Waals surface area contributed by atoms with Crippen LogP contribution in [-0.4, -0.2) is 72.4 Å². The third kappa shape index (κ3) is 6.88. The zero-order chi connectivity index (χ0) is 23.6. The molecule has 0 aliphatic carbocycles. The number of nitrogens with zero attached hydrogens (tertiary/aromatic N) is 5. The highest BCUT2D eigenvalue weighted by Crippen LogP contribution is 2.29. The average Bonchev–Trinajstić information content (AvgIpc) is 2.83. The van der Waals surface area contributed by atoms with Gasteiger partial charge in [-0.2, -0.15) is 0 Å². The largest absolute Gasteiger partial charge is 0.492 e. The van der Waals surface area contributed by atoms with E-state index in [1.165, 1.54) is 11.8 Å². The molecule has 1 aromatic heterocycles. The van der Waals surface area contributed by atoms with E-state index in [0.717, 1.165) is 24.5 Å². The molecule has 1 aliphatic rings. The molecule has 0 spiro atoms. The predicted molar refractivity (Wildman–Crippen MR) is 137 cm³/mol. The topological polar surface area (TPSA) is 61.8 Å². The molecule has 9 heteroatoms. The van der Waals surface area contributed by atoms with Crippen molar-refractivity contribution in [1.29, 1.82) is 0 Å². The van der Waals surface area contributed by atoms with E-state index in [-0.39, 0.29) is 11.7 Å². The van der Waals surface area contributed by atoms with E-state index in [2.05, 4.69) is 34.1 Å². The number of carbonyl (C=O) groups excluding carboxylic acids is 1. The van der Waals surface area contributed by atoms with Crippen molar-refractivity contribution in [2.45, 2.75) is 12.1 Å². The third-order valence-electron chi connectivity index (χ3n) is 5.15. The molecule has 0 bridgehead atoms. The first-order valence-corrected chi connectivity index (χ1v) is 12.3. The summed E-state index contributed by atoms with van der Waals surface area (Å²) in [5.41, 5.74) is 1.07. The Bertz CT molecular complexity index is 956. The first-order chi connectivity index (χ1) is 16.0. The summed E-state index contributed by atoms with van der Waals surface area (Å²) in [6.45, 7) is 14.2. The molecule has 1 aliphatic heterocycles. The fraction of sp³-hybridized carbons (Fsp3) is 0.375. The van der Waals surface area contributed by atoms with Gasteiger partial charge in [-0.3, -0.25) is 4.79 Å². The number of aromatic nitrogens is 2. The van der Waals surface area contributed by atoms with Crippen LogP contribution in [0.4, 0.5) is 11.5 Å². The molecule has 1 amide bonds. The number of rotatable bonds is 11. The second-order valence-corrected chi connectivity index (χ2v) is 8.70. The Balaban J connectivity index is 1.57. The third-order valence-corrected chi connectivity index (χ3v) is 6.17. The van der Waals surface area contributed by atoms with Crippen molar-refractivity contribution < 1.29 is 9.53 Å². The molecule has 7 nitrogen and oxygen atoms in total. The molecule has 0 saturated carbocycles. The first kappa shape index (κ1) is 24.9. The van der Waals surface area contributed by atoms with Crippen molar-refractivity contribution in [3.8, 4) is 5.75 Å². The number of thioether (sulfide) groups is 1. The number of hydrogen-bond acceptors (Lipinski definition) is 7. The quantitative estimate of drug-likeness (QED) is 0.204. The van der Waals surface area contributed by atoms with E-state index in [9.17, 15) is 4.79 Å². The Morgan fingerprint density at radius 1 is 1.18 bits per heavy atom. The fourth-order valence-electron chi connectivity index (χ4n) is 3.60. The summed E-state index contributed by atoms with van der Waals surface area (Å²) in [5, 5.41) is 0.822. The number of benzene rings is 1. The summed E-state index contributed by atoms with van der Waals surface area (Å²) in [6.07, 6.45) is 3.59. The molecule has 0 N–H and O–H groups in total. The lowest BCUT2D eigenvalue weighted by Gasteiger charge is -2.36. The molecule has 1 fully saturated rings. The average molecular weight is 488 g/mol. The lowest BCUT2D eigenvalue weighted by atomic mass is 10.2. The van der Waals surface area contributed by atoms with Gasteiger partial charge in [0.05, 0.1) is 18.0 Å². The Kier molecular flexibility index (Phi) is 9.45. The van der Waals surface area contributed by atoms with Gasteiger partial charge in [0.2, 0.25) is 5.91 Å². The van der Waals surface area contributed by atoms with E-state index in [4.69, 9.17) is 16.3 Å². The van der Waals surface area contributed by atoms with Crippen molar-refractivity contribution in [2.24, 2.45) is 0 Å². The van der Waals surface area contributed by atoms with Crippen LogP contribution in [0.15, 0.2) is 60.8 Å². The normalized spacial score (nSPS) is 13.5. The smallest absolute Gasteiger partial charge is 0.233 e. The van der Waals surface area contributed by atoms with Gasteiger partial charge in [-0.25, -0.2) is 9.97 Å². The molecule has 0 unspecified atom stereocenters. The molecular formula is C24H30ClN5O2S. The number of halogens is 1. The van der Waals surface area contributed by atoms with Crippen molar-refractivity contribution in [3.63, 3.8) is 0 Å². The molecule has 2 aromatic rings. The zero-order valence-electron chi connectivity index (χ0n) is 19.0. The van der Waals surface area contributed by atoms with Crippen molar-refractivity contribution in [2.75, 3.05) is 61.4 Å². The van der Waals surface area contributed by atoms with Crippen LogP contribution in [0.25, 0.3) is 0 Å². The SMILES string of the molecule is C=CCN(CC=C)c1cc(Cl)nc(SCC(=O)N2CCN(c3ccccc3OCC)CC2)n1. The van der Waals surface area contributed by atoms with E-state index in [1.807, 2.05) is 34.9 Å². The Morgan fingerprint density at radius 3 is 2.55 bits per heavy atom. The number of para-hydroxylation sites is 2. The Hall–Kier alpha value is -2.71. The molecule has 33 heavy (non-hydrogen) atoms. The van der Waals surface area contributed by atoms with Gasteiger partial charge < -0.3 is 19.4 Å². The minimum atomic E-state index is 0.0666. The summed E-state index contributed by atoms with van der Waals surface area (Å²) >= 11 is 7.51. The summed E-state index contributed by atoms with van der Waals surface area (Å²) in [4.78, 5) is 27.8. The van der Waals surface area contributed by atoms with Gasteiger partial charge in [0.15, 0.2) is 5.16 Å². The van der Waals surface area contributed by atoms with E-state index < -0.39 is 0 Å². The maximum Gasteiger partial charge on any atom is 0.233 e. The lowest BCUT2D eigenvalue weighted by molar-refractivity contribution is -0.128. The molecular weight excluding hydrogens is 458 g/mol. The number of amides is 1. The van der Waals surface area contributed by atoms with Gasteiger partial charge >= 0.3 is 0 Å². The van der Waals surface area contributed by atoms with Crippen molar-refractivity contribution in [1.82, 2.24) is 14.9 Å². The fourth-order valence-corrected chi connectivity index (χ4v) is 4.58. The van der Waals surface area contributed by atoms with Gasteiger partial charge in [-0.1, -0.05) is 47.6 Å². The lowest BCUT2D eigenvalue weighted by Crippen LogP contribution is -2.49. The van der Waals surface area contributed by atoms with Crippen LogP contribution in [0.1, 0.15) is 6.92 Å².